The summed E-state index contributed by atoms with van der Waals surface area (Å²) in [6.07, 6.45) is 1.92. The van der Waals surface area contributed by atoms with E-state index in [0.717, 1.165) is 29.5 Å². The lowest BCUT2D eigenvalue weighted by Crippen LogP contribution is -2.11. The Morgan fingerprint density at radius 3 is 2.38 bits per heavy atom. The smallest absolute Gasteiger partial charge is 0.123 e. The van der Waals surface area contributed by atoms with Gasteiger partial charge >= 0.3 is 0 Å². The van der Waals surface area contributed by atoms with Gasteiger partial charge in [-0.25, -0.2) is 4.39 Å². The zero-order valence-electron chi connectivity index (χ0n) is 15.2. The molecule has 0 aliphatic heterocycles. The van der Waals surface area contributed by atoms with Crippen molar-refractivity contribution in [2.24, 2.45) is 0 Å². The number of aryl methyl sites for hydroxylation is 1. The number of aliphatic hydroxyl groups excluding tert-OH is 1. The molecule has 1 aliphatic rings. The van der Waals surface area contributed by atoms with Crippen LogP contribution in [-0.2, 0) is 19.4 Å². The van der Waals surface area contributed by atoms with Gasteiger partial charge in [0.1, 0.15) is 5.82 Å². The van der Waals surface area contributed by atoms with E-state index in [-0.39, 0.29) is 12.4 Å². The second kappa shape index (κ2) is 6.69. The molecule has 1 nitrogen and oxygen atoms in total. The number of hydrogen-bond donors (Lipinski definition) is 1. The number of aliphatic hydroxyl groups is 1. The molecule has 0 amide bonds. The van der Waals surface area contributed by atoms with E-state index in [1.54, 1.807) is 0 Å². The fraction of sp³-hybridized carbons (Fsp3) is 0.250. The van der Waals surface area contributed by atoms with Crippen LogP contribution in [0.4, 0.5) is 4.39 Å². The van der Waals surface area contributed by atoms with Crippen molar-refractivity contribution in [1.82, 2.24) is 0 Å². The predicted molar refractivity (Wildman–Crippen MR) is 105 cm³/mol. The lowest BCUT2D eigenvalue weighted by molar-refractivity contribution is 0.280. The van der Waals surface area contributed by atoms with Crippen LogP contribution in [0.2, 0.25) is 0 Å². The van der Waals surface area contributed by atoms with E-state index in [4.69, 9.17) is 0 Å². The molecule has 3 aromatic carbocycles. The monoisotopic (exact) mass is 346 g/mol. The zero-order valence-corrected chi connectivity index (χ0v) is 15.2. The normalized spacial score (nSPS) is 12.8. The van der Waals surface area contributed by atoms with Crippen LogP contribution < -0.4 is 0 Å². The third-order valence-corrected chi connectivity index (χ3v) is 5.44. The molecule has 0 bridgehead atoms. The van der Waals surface area contributed by atoms with Gasteiger partial charge < -0.3 is 5.11 Å². The summed E-state index contributed by atoms with van der Waals surface area (Å²) in [6.45, 7) is 4.31. The van der Waals surface area contributed by atoms with Crippen LogP contribution in [-0.4, -0.2) is 5.11 Å². The molecule has 1 aliphatic carbocycles. The van der Waals surface area contributed by atoms with Gasteiger partial charge in [0.15, 0.2) is 0 Å². The van der Waals surface area contributed by atoms with Gasteiger partial charge in [0.05, 0.1) is 6.61 Å². The van der Waals surface area contributed by atoms with Crippen LogP contribution in [0.5, 0.6) is 0 Å². The first kappa shape index (κ1) is 17.0. The predicted octanol–water partition coefficient (Wildman–Crippen LogP) is 5.87. The van der Waals surface area contributed by atoms with E-state index in [9.17, 15) is 9.50 Å². The maximum absolute atomic E-state index is 13.5. The van der Waals surface area contributed by atoms with Crippen molar-refractivity contribution in [3.05, 3.63) is 82.7 Å². The van der Waals surface area contributed by atoms with Crippen LogP contribution in [0.25, 0.3) is 22.3 Å². The third-order valence-electron chi connectivity index (χ3n) is 5.44. The summed E-state index contributed by atoms with van der Waals surface area (Å²) < 4.78 is 13.5. The molecule has 0 radical (unpaired) electrons. The second-order valence-corrected chi connectivity index (χ2v) is 7.32. The van der Waals surface area contributed by atoms with Gasteiger partial charge in [-0.1, -0.05) is 56.3 Å². The molecular weight excluding hydrogens is 323 g/mol. The van der Waals surface area contributed by atoms with Crippen LogP contribution in [0.15, 0.2) is 54.6 Å². The molecule has 4 rings (SSSR count). The molecule has 0 aromatic heterocycles. The summed E-state index contributed by atoms with van der Waals surface area (Å²) in [7, 11) is 0. The minimum Gasteiger partial charge on any atom is -0.392 e. The molecule has 0 unspecified atom stereocenters. The van der Waals surface area contributed by atoms with Crippen molar-refractivity contribution < 1.29 is 9.50 Å². The first-order valence-electron chi connectivity index (χ1n) is 9.24. The average molecular weight is 346 g/mol. The fourth-order valence-corrected chi connectivity index (χ4v) is 4.20. The SMILES string of the molecule is CC(C)c1cc2c(c(-c3ccc(F)cc3)c1CO)CCc1ccccc1-2. The van der Waals surface area contributed by atoms with Gasteiger partial charge in [0, 0.05) is 0 Å². The topological polar surface area (TPSA) is 20.2 Å². The summed E-state index contributed by atoms with van der Waals surface area (Å²) >= 11 is 0. The number of hydrogen-bond acceptors (Lipinski definition) is 1. The molecule has 0 saturated carbocycles. The van der Waals surface area contributed by atoms with Crippen molar-refractivity contribution in [1.29, 1.82) is 0 Å². The second-order valence-electron chi connectivity index (χ2n) is 7.32. The van der Waals surface area contributed by atoms with E-state index in [2.05, 4.69) is 44.2 Å². The summed E-state index contributed by atoms with van der Waals surface area (Å²) in [4.78, 5) is 0. The first-order valence-corrected chi connectivity index (χ1v) is 9.24. The molecular formula is C24H23FO. The molecule has 0 heterocycles. The van der Waals surface area contributed by atoms with E-state index in [1.165, 1.54) is 39.9 Å². The molecule has 3 aromatic rings. The quantitative estimate of drug-likeness (QED) is 0.628. The van der Waals surface area contributed by atoms with Crippen molar-refractivity contribution >= 4 is 0 Å². The maximum Gasteiger partial charge on any atom is 0.123 e. The molecule has 0 fully saturated rings. The molecule has 2 heteroatoms. The molecule has 26 heavy (non-hydrogen) atoms. The Bertz CT molecular complexity index is 955. The third kappa shape index (κ3) is 2.75. The lowest BCUT2D eigenvalue weighted by Gasteiger charge is -2.28. The molecule has 0 spiro atoms. The minimum atomic E-state index is -0.237. The Labute approximate surface area is 154 Å². The maximum atomic E-state index is 13.5. The van der Waals surface area contributed by atoms with E-state index in [0.29, 0.717) is 5.92 Å². The number of fused-ring (bicyclic) bond motifs is 3. The molecule has 132 valence electrons. The summed E-state index contributed by atoms with van der Waals surface area (Å²) in [5, 5.41) is 10.2. The zero-order chi connectivity index (χ0) is 18.3. The van der Waals surface area contributed by atoms with Gasteiger partial charge in [-0.3, -0.25) is 0 Å². The van der Waals surface area contributed by atoms with E-state index < -0.39 is 0 Å². The van der Waals surface area contributed by atoms with Crippen LogP contribution in [0, 0.1) is 5.82 Å². The highest BCUT2D eigenvalue weighted by Gasteiger charge is 2.24. The minimum absolute atomic E-state index is 0.00481. The van der Waals surface area contributed by atoms with Crippen molar-refractivity contribution in [2.45, 2.75) is 39.2 Å². The largest absolute Gasteiger partial charge is 0.392 e. The molecule has 0 saturated heterocycles. The standard InChI is InChI=1S/C24H23FO/c1-15(2)21-13-22-19-6-4-3-5-16(19)9-12-20(22)24(23(21)14-26)17-7-10-18(25)11-8-17/h3-8,10-11,13,15,26H,9,12,14H2,1-2H3. The van der Waals surface area contributed by atoms with E-state index in [1.807, 2.05) is 12.1 Å². The van der Waals surface area contributed by atoms with Gasteiger partial charge in [-0.2, -0.15) is 0 Å². The molecule has 1 N–H and O–H groups in total. The molecule has 0 atom stereocenters. The van der Waals surface area contributed by atoms with Crippen LogP contribution in [0.3, 0.4) is 0 Å². The van der Waals surface area contributed by atoms with Gasteiger partial charge in [0.25, 0.3) is 0 Å². The lowest BCUT2D eigenvalue weighted by atomic mass is 9.77. The Kier molecular flexibility index (Phi) is 4.37. The summed E-state index contributed by atoms with van der Waals surface area (Å²) in [5.74, 6) is 0.0641. The first-order chi connectivity index (χ1) is 12.6. The van der Waals surface area contributed by atoms with Gasteiger partial charge in [-0.15, -0.1) is 0 Å². The fourth-order valence-electron chi connectivity index (χ4n) is 4.20. The van der Waals surface area contributed by atoms with Crippen LogP contribution in [0.1, 0.15) is 42.0 Å². The number of halogens is 1. The van der Waals surface area contributed by atoms with Gasteiger partial charge in [0.2, 0.25) is 0 Å². The highest BCUT2D eigenvalue weighted by Crippen LogP contribution is 2.43. The summed E-state index contributed by atoms with van der Waals surface area (Å²) in [5.41, 5.74) is 9.39. The van der Waals surface area contributed by atoms with E-state index >= 15 is 0 Å². The highest BCUT2D eigenvalue weighted by atomic mass is 19.1. The Balaban J connectivity index is 2.07. The Morgan fingerprint density at radius 1 is 0.962 bits per heavy atom. The van der Waals surface area contributed by atoms with Crippen molar-refractivity contribution in [3.63, 3.8) is 0 Å². The number of benzene rings is 3. The Hall–Kier alpha value is -2.45. The van der Waals surface area contributed by atoms with Gasteiger partial charge in [-0.05, 0) is 75.4 Å². The highest BCUT2D eigenvalue weighted by molar-refractivity contribution is 5.85. The average Bonchev–Trinajstić information content (AvgIpc) is 2.66. The van der Waals surface area contributed by atoms with Crippen molar-refractivity contribution in [3.8, 4) is 22.3 Å². The Morgan fingerprint density at radius 2 is 1.69 bits per heavy atom. The van der Waals surface area contributed by atoms with Crippen LogP contribution >= 0.6 is 0 Å². The van der Waals surface area contributed by atoms with Crippen molar-refractivity contribution in [2.75, 3.05) is 0 Å². The number of rotatable bonds is 3. The summed E-state index contributed by atoms with van der Waals surface area (Å²) in [6, 6.07) is 17.5.